The molecule has 2 aromatic carbocycles. The van der Waals surface area contributed by atoms with Gasteiger partial charge >= 0.3 is 0 Å². The van der Waals surface area contributed by atoms with E-state index in [1.807, 2.05) is 17.0 Å². The molecule has 0 bridgehead atoms. The maximum Gasteiger partial charge on any atom is 0.251 e. The first-order valence-corrected chi connectivity index (χ1v) is 8.60. The molecule has 128 valence electrons. The second kappa shape index (κ2) is 6.31. The number of halogens is 1. The molecule has 0 radical (unpaired) electrons. The van der Waals surface area contributed by atoms with Gasteiger partial charge in [-0.05, 0) is 60.2 Å². The van der Waals surface area contributed by atoms with Crippen molar-refractivity contribution in [3.8, 4) is 0 Å². The predicted molar refractivity (Wildman–Crippen MR) is 93.0 cm³/mol. The zero-order chi connectivity index (χ0) is 17.4. The van der Waals surface area contributed by atoms with Crippen LogP contribution in [-0.4, -0.2) is 18.4 Å². The number of carbonyl (C=O) groups excluding carboxylic acids is 2. The molecule has 2 aromatic rings. The molecule has 0 saturated heterocycles. The van der Waals surface area contributed by atoms with Gasteiger partial charge in [0.2, 0.25) is 5.91 Å². The van der Waals surface area contributed by atoms with Gasteiger partial charge in [0.1, 0.15) is 5.82 Å². The van der Waals surface area contributed by atoms with Gasteiger partial charge in [-0.2, -0.15) is 0 Å². The summed E-state index contributed by atoms with van der Waals surface area (Å²) in [5, 5.41) is 2.89. The SMILES string of the molecule is O=C(NCc1ccc(F)cc1)c1cc2c3c(c1)CCC(=O)N3CCC2. The molecule has 0 aliphatic carbocycles. The lowest BCUT2D eigenvalue weighted by molar-refractivity contribution is -0.119. The van der Waals surface area contributed by atoms with Gasteiger partial charge in [-0.3, -0.25) is 9.59 Å². The monoisotopic (exact) mass is 338 g/mol. The van der Waals surface area contributed by atoms with Crippen LogP contribution in [0.1, 0.15) is 39.9 Å². The summed E-state index contributed by atoms with van der Waals surface area (Å²) in [6.45, 7) is 1.13. The van der Waals surface area contributed by atoms with E-state index in [1.165, 1.54) is 12.1 Å². The molecule has 0 spiro atoms. The van der Waals surface area contributed by atoms with Gasteiger partial charge in [-0.25, -0.2) is 4.39 Å². The Kier molecular flexibility index (Phi) is 3.99. The van der Waals surface area contributed by atoms with Crippen molar-refractivity contribution >= 4 is 17.5 Å². The van der Waals surface area contributed by atoms with Gasteiger partial charge in [0.05, 0.1) is 5.69 Å². The summed E-state index contributed by atoms with van der Waals surface area (Å²) in [6.07, 6.45) is 3.02. The van der Waals surface area contributed by atoms with E-state index < -0.39 is 0 Å². The average Bonchev–Trinajstić information content (AvgIpc) is 2.63. The number of nitrogens with one attached hydrogen (secondary N) is 1. The molecule has 4 nitrogen and oxygen atoms in total. The minimum Gasteiger partial charge on any atom is -0.348 e. The Balaban J connectivity index is 1.55. The first-order chi connectivity index (χ1) is 12.1. The quantitative estimate of drug-likeness (QED) is 0.935. The molecule has 0 saturated carbocycles. The van der Waals surface area contributed by atoms with Crippen LogP contribution in [0.15, 0.2) is 36.4 Å². The topological polar surface area (TPSA) is 49.4 Å². The number of benzene rings is 2. The van der Waals surface area contributed by atoms with Crippen LogP contribution in [0.3, 0.4) is 0 Å². The first-order valence-electron chi connectivity index (χ1n) is 8.60. The molecular formula is C20H19FN2O2. The Morgan fingerprint density at radius 1 is 1.08 bits per heavy atom. The average molecular weight is 338 g/mol. The lowest BCUT2D eigenvalue weighted by atomic mass is 9.89. The summed E-state index contributed by atoms with van der Waals surface area (Å²) >= 11 is 0. The van der Waals surface area contributed by atoms with E-state index in [0.29, 0.717) is 24.9 Å². The maximum atomic E-state index is 12.9. The van der Waals surface area contributed by atoms with Gasteiger partial charge in [-0.1, -0.05) is 12.1 Å². The highest BCUT2D eigenvalue weighted by molar-refractivity contribution is 6.00. The van der Waals surface area contributed by atoms with Crippen molar-refractivity contribution in [2.75, 3.05) is 11.4 Å². The molecule has 25 heavy (non-hydrogen) atoms. The summed E-state index contributed by atoms with van der Waals surface area (Å²) in [7, 11) is 0. The van der Waals surface area contributed by atoms with Crippen molar-refractivity contribution in [1.82, 2.24) is 5.32 Å². The zero-order valence-corrected chi connectivity index (χ0v) is 13.8. The smallest absolute Gasteiger partial charge is 0.251 e. The van der Waals surface area contributed by atoms with Gasteiger partial charge in [0.15, 0.2) is 0 Å². The van der Waals surface area contributed by atoms with Gasteiger partial charge in [0.25, 0.3) is 5.91 Å². The highest BCUT2D eigenvalue weighted by atomic mass is 19.1. The Hall–Kier alpha value is -2.69. The third-order valence-corrected chi connectivity index (χ3v) is 4.90. The van der Waals surface area contributed by atoms with E-state index in [2.05, 4.69) is 5.32 Å². The molecule has 2 aliphatic heterocycles. The van der Waals surface area contributed by atoms with E-state index in [-0.39, 0.29) is 17.6 Å². The zero-order valence-electron chi connectivity index (χ0n) is 13.8. The second-order valence-corrected chi connectivity index (χ2v) is 6.60. The van der Waals surface area contributed by atoms with Crippen LogP contribution < -0.4 is 10.2 Å². The number of amides is 2. The van der Waals surface area contributed by atoms with Crippen LogP contribution in [-0.2, 0) is 24.2 Å². The fraction of sp³-hybridized carbons (Fsp3) is 0.300. The highest BCUT2D eigenvalue weighted by Crippen LogP contribution is 2.36. The number of carbonyl (C=O) groups is 2. The lowest BCUT2D eigenvalue weighted by Crippen LogP contribution is -2.39. The number of hydrogen-bond donors (Lipinski definition) is 1. The molecule has 0 atom stereocenters. The van der Waals surface area contributed by atoms with E-state index in [0.717, 1.165) is 41.8 Å². The molecule has 1 N–H and O–H groups in total. The number of hydrogen-bond acceptors (Lipinski definition) is 2. The molecule has 0 fully saturated rings. The summed E-state index contributed by atoms with van der Waals surface area (Å²) in [4.78, 5) is 26.5. The Morgan fingerprint density at radius 3 is 2.56 bits per heavy atom. The first kappa shape index (κ1) is 15.8. The van der Waals surface area contributed by atoms with Crippen LogP contribution in [0, 0.1) is 5.82 Å². The maximum absolute atomic E-state index is 12.9. The summed E-state index contributed by atoms with van der Waals surface area (Å²) in [5.74, 6) is -0.248. The molecule has 2 amide bonds. The number of anilines is 1. The van der Waals surface area contributed by atoms with Gasteiger partial charge in [-0.15, -0.1) is 0 Å². The van der Waals surface area contributed by atoms with Crippen LogP contribution >= 0.6 is 0 Å². The third-order valence-electron chi connectivity index (χ3n) is 4.90. The van der Waals surface area contributed by atoms with Crippen molar-refractivity contribution < 1.29 is 14.0 Å². The molecule has 0 aromatic heterocycles. The van der Waals surface area contributed by atoms with Crippen molar-refractivity contribution in [3.63, 3.8) is 0 Å². The van der Waals surface area contributed by atoms with E-state index in [9.17, 15) is 14.0 Å². The van der Waals surface area contributed by atoms with Crippen LogP contribution in [0.5, 0.6) is 0 Å². The van der Waals surface area contributed by atoms with Gasteiger partial charge in [0, 0.05) is 25.1 Å². The standard InChI is InChI=1S/C20H19FN2O2/c21-17-6-3-13(4-7-17)12-22-20(25)16-10-14-2-1-9-23-18(24)8-5-15(11-16)19(14)23/h3-4,6-7,10-11H,1-2,5,8-9,12H2,(H,22,25). The molecule has 0 unspecified atom stereocenters. The van der Waals surface area contributed by atoms with Crippen molar-refractivity contribution in [2.45, 2.75) is 32.2 Å². The van der Waals surface area contributed by atoms with E-state index in [4.69, 9.17) is 0 Å². The third kappa shape index (κ3) is 3.02. The Bertz CT molecular complexity index is 828. The van der Waals surface area contributed by atoms with Crippen LogP contribution in [0.4, 0.5) is 10.1 Å². The summed E-state index contributed by atoms with van der Waals surface area (Å²) < 4.78 is 12.9. The van der Waals surface area contributed by atoms with E-state index in [1.54, 1.807) is 12.1 Å². The number of nitrogens with zero attached hydrogens (tertiary/aromatic N) is 1. The minimum absolute atomic E-state index is 0.141. The van der Waals surface area contributed by atoms with Crippen LogP contribution in [0.2, 0.25) is 0 Å². The second-order valence-electron chi connectivity index (χ2n) is 6.60. The highest BCUT2D eigenvalue weighted by Gasteiger charge is 2.30. The lowest BCUT2D eigenvalue weighted by Gasteiger charge is -2.35. The molecule has 2 aliphatic rings. The van der Waals surface area contributed by atoms with Gasteiger partial charge < -0.3 is 10.2 Å². The molecule has 5 heteroatoms. The van der Waals surface area contributed by atoms with Crippen molar-refractivity contribution in [1.29, 1.82) is 0 Å². The van der Waals surface area contributed by atoms with Crippen LogP contribution in [0.25, 0.3) is 0 Å². The molecule has 4 rings (SSSR count). The van der Waals surface area contributed by atoms with Crippen molar-refractivity contribution in [2.24, 2.45) is 0 Å². The fourth-order valence-electron chi connectivity index (χ4n) is 3.67. The number of aryl methyl sites for hydroxylation is 2. The predicted octanol–water partition coefficient (Wildman–Crippen LogP) is 2.98. The summed E-state index contributed by atoms with van der Waals surface area (Å²) in [5.41, 5.74) is 4.68. The van der Waals surface area contributed by atoms with E-state index >= 15 is 0 Å². The molecule has 2 heterocycles. The summed E-state index contributed by atoms with van der Waals surface area (Å²) in [6, 6.07) is 9.91. The molecular weight excluding hydrogens is 319 g/mol. The Labute approximate surface area is 145 Å². The largest absolute Gasteiger partial charge is 0.348 e. The fourth-order valence-corrected chi connectivity index (χ4v) is 3.67. The normalized spacial score (nSPS) is 15.7. The minimum atomic E-state index is -0.289. The number of rotatable bonds is 3. The van der Waals surface area contributed by atoms with Crippen molar-refractivity contribution in [3.05, 3.63) is 64.5 Å². The Morgan fingerprint density at radius 2 is 1.80 bits per heavy atom.